The zero-order chi connectivity index (χ0) is 16.8. The lowest BCUT2D eigenvalue weighted by Gasteiger charge is -2.46. The third kappa shape index (κ3) is 4.40. The molecule has 1 aromatic carbocycles. The van der Waals surface area contributed by atoms with Gasteiger partial charge in [0.25, 0.3) is 0 Å². The first-order chi connectivity index (χ1) is 11.7. The summed E-state index contributed by atoms with van der Waals surface area (Å²) in [4.78, 5) is 0. The highest BCUT2D eigenvalue weighted by molar-refractivity contribution is 6.35. The number of rotatable bonds is 6. The Labute approximate surface area is 150 Å². The lowest BCUT2D eigenvalue weighted by Crippen LogP contribution is -2.37. The zero-order valence-corrected chi connectivity index (χ0v) is 16.6. The molecule has 24 heavy (non-hydrogen) atoms. The second kappa shape index (κ2) is 8.49. The smallest absolute Gasteiger partial charge is 0.0540 e. The van der Waals surface area contributed by atoms with Crippen LogP contribution in [0.15, 0.2) is 36.9 Å². The van der Waals surface area contributed by atoms with E-state index in [1.54, 1.807) is 12.1 Å². The molecular weight excluding hydrogens is 308 g/mol. The summed E-state index contributed by atoms with van der Waals surface area (Å²) >= 11 is 0. The van der Waals surface area contributed by atoms with Gasteiger partial charge in [0.15, 0.2) is 0 Å². The quantitative estimate of drug-likeness (QED) is 0.704. The van der Waals surface area contributed by atoms with Gasteiger partial charge in [0.1, 0.15) is 0 Å². The topological polar surface area (TPSA) is 20.2 Å². The van der Waals surface area contributed by atoms with Gasteiger partial charge < -0.3 is 5.11 Å². The molecule has 1 aliphatic carbocycles. The van der Waals surface area contributed by atoms with Gasteiger partial charge in [-0.05, 0) is 67.4 Å². The first kappa shape index (κ1) is 17.9. The van der Waals surface area contributed by atoms with Crippen LogP contribution in [0.1, 0.15) is 63.4 Å². The SMILES string of the molecule is C=C(CCCC1(C2CCC(O)CC2)CC[SiH2]CC1)c1ccccc1. The number of hydrogen-bond acceptors (Lipinski definition) is 1. The van der Waals surface area contributed by atoms with E-state index in [9.17, 15) is 5.11 Å². The van der Waals surface area contributed by atoms with Crippen LogP contribution in [0.5, 0.6) is 0 Å². The van der Waals surface area contributed by atoms with Crippen molar-refractivity contribution >= 4 is 15.1 Å². The van der Waals surface area contributed by atoms with Gasteiger partial charge in [0, 0.05) is 9.52 Å². The predicted molar refractivity (Wildman–Crippen MR) is 107 cm³/mol. The average Bonchev–Trinajstić information content (AvgIpc) is 2.63. The van der Waals surface area contributed by atoms with E-state index in [2.05, 4.69) is 36.9 Å². The van der Waals surface area contributed by atoms with E-state index < -0.39 is 0 Å². The molecule has 0 bridgehead atoms. The third-order valence-corrected chi connectivity index (χ3v) is 8.45. The van der Waals surface area contributed by atoms with E-state index in [-0.39, 0.29) is 15.6 Å². The second-order valence-corrected chi connectivity index (χ2v) is 10.4. The van der Waals surface area contributed by atoms with Gasteiger partial charge in [-0.1, -0.05) is 61.8 Å². The summed E-state index contributed by atoms with van der Waals surface area (Å²) in [5.74, 6) is 0.875. The summed E-state index contributed by atoms with van der Waals surface area (Å²) in [5, 5.41) is 9.88. The van der Waals surface area contributed by atoms with Crippen molar-refractivity contribution in [2.45, 2.75) is 76.0 Å². The van der Waals surface area contributed by atoms with Gasteiger partial charge in [-0.2, -0.15) is 0 Å². The van der Waals surface area contributed by atoms with Crippen molar-refractivity contribution in [3.05, 3.63) is 42.5 Å². The highest BCUT2D eigenvalue weighted by Crippen LogP contribution is 2.50. The van der Waals surface area contributed by atoms with Crippen molar-refractivity contribution < 1.29 is 5.11 Å². The molecule has 0 unspecified atom stereocenters. The molecule has 3 rings (SSSR count). The first-order valence-corrected chi connectivity index (χ1v) is 12.1. The van der Waals surface area contributed by atoms with Crippen LogP contribution in [-0.2, 0) is 0 Å². The fourth-order valence-corrected chi connectivity index (χ4v) is 7.54. The van der Waals surface area contributed by atoms with E-state index in [4.69, 9.17) is 0 Å². The number of aliphatic hydroxyl groups excluding tert-OH is 1. The molecule has 1 heterocycles. The van der Waals surface area contributed by atoms with Gasteiger partial charge in [0.2, 0.25) is 0 Å². The molecule has 1 N–H and O–H groups in total. The highest BCUT2D eigenvalue weighted by Gasteiger charge is 2.40. The molecule has 0 atom stereocenters. The van der Waals surface area contributed by atoms with E-state index in [0.29, 0.717) is 5.41 Å². The molecule has 132 valence electrons. The van der Waals surface area contributed by atoms with Crippen molar-refractivity contribution in [3.63, 3.8) is 0 Å². The molecule has 2 aliphatic rings. The van der Waals surface area contributed by atoms with Crippen LogP contribution in [-0.4, -0.2) is 20.7 Å². The Hall–Kier alpha value is -0.863. The van der Waals surface area contributed by atoms with E-state index in [1.807, 2.05) is 0 Å². The molecule has 1 saturated heterocycles. The second-order valence-electron chi connectivity index (χ2n) is 8.25. The standard InChI is InChI=1S/C22H34OSi/c1-18(19-7-3-2-4-8-19)6-5-13-22(14-16-24-17-15-22)20-9-11-21(23)12-10-20/h2-4,7-8,20-21,23H,1,5-6,9-17,24H2. The minimum atomic E-state index is -0.0193. The van der Waals surface area contributed by atoms with Crippen molar-refractivity contribution in [1.82, 2.24) is 0 Å². The number of hydrogen-bond donors (Lipinski definition) is 1. The Balaban J connectivity index is 1.57. The van der Waals surface area contributed by atoms with Crippen LogP contribution < -0.4 is 0 Å². The molecule has 0 radical (unpaired) electrons. The van der Waals surface area contributed by atoms with E-state index >= 15 is 0 Å². The Kier molecular flexibility index (Phi) is 6.35. The van der Waals surface area contributed by atoms with Crippen LogP contribution in [0.3, 0.4) is 0 Å². The monoisotopic (exact) mass is 342 g/mol. The van der Waals surface area contributed by atoms with Crippen LogP contribution >= 0.6 is 0 Å². The van der Waals surface area contributed by atoms with Crippen LogP contribution in [0.25, 0.3) is 5.57 Å². The Morgan fingerprint density at radius 2 is 1.75 bits per heavy atom. The summed E-state index contributed by atoms with van der Waals surface area (Å²) in [6.07, 6.45) is 11.4. The molecule has 2 fully saturated rings. The maximum Gasteiger partial charge on any atom is 0.0540 e. The molecule has 0 aromatic heterocycles. The molecule has 0 spiro atoms. The van der Waals surface area contributed by atoms with Crippen molar-refractivity contribution in [2.24, 2.45) is 11.3 Å². The van der Waals surface area contributed by atoms with Crippen LogP contribution in [0.4, 0.5) is 0 Å². The van der Waals surface area contributed by atoms with Crippen LogP contribution in [0.2, 0.25) is 12.1 Å². The summed E-state index contributed by atoms with van der Waals surface area (Å²) in [7, 11) is 0.246. The molecule has 1 nitrogen and oxygen atoms in total. The fourth-order valence-electron chi connectivity index (χ4n) is 5.28. The molecule has 0 amide bonds. The summed E-state index contributed by atoms with van der Waals surface area (Å²) < 4.78 is 0. The fraction of sp³-hybridized carbons (Fsp3) is 0.636. The Morgan fingerprint density at radius 3 is 2.42 bits per heavy atom. The van der Waals surface area contributed by atoms with E-state index in [1.165, 1.54) is 49.7 Å². The van der Waals surface area contributed by atoms with E-state index in [0.717, 1.165) is 25.2 Å². The van der Waals surface area contributed by atoms with Crippen molar-refractivity contribution in [3.8, 4) is 0 Å². The molecule has 1 aromatic rings. The summed E-state index contributed by atoms with van der Waals surface area (Å²) in [6.45, 7) is 4.33. The molecule has 1 saturated carbocycles. The molecule has 2 heteroatoms. The van der Waals surface area contributed by atoms with Gasteiger partial charge >= 0.3 is 0 Å². The Morgan fingerprint density at radius 1 is 1.08 bits per heavy atom. The lowest BCUT2D eigenvalue weighted by atomic mass is 9.62. The minimum absolute atomic E-state index is 0.0193. The summed E-state index contributed by atoms with van der Waals surface area (Å²) in [5.41, 5.74) is 3.21. The molecule has 1 aliphatic heterocycles. The van der Waals surface area contributed by atoms with Crippen LogP contribution in [0, 0.1) is 11.3 Å². The van der Waals surface area contributed by atoms with Gasteiger partial charge in [0.05, 0.1) is 6.10 Å². The normalized spacial score (nSPS) is 31.9. The van der Waals surface area contributed by atoms with Gasteiger partial charge in [-0.3, -0.25) is 0 Å². The predicted octanol–water partition coefficient (Wildman–Crippen LogP) is 5.21. The average molecular weight is 343 g/mol. The molecular formula is C22H34OSi. The number of allylic oxidation sites excluding steroid dienone is 1. The van der Waals surface area contributed by atoms with Crippen molar-refractivity contribution in [2.75, 3.05) is 0 Å². The maximum absolute atomic E-state index is 9.88. The highest BCUT2D eigenvalue weighted by atomic mass is 28.2. The number of aliphatic hydroxyl groups is 1. The number of benzene rings is 1. The minimum Gasteiger partial charge on any atom is -0.393 e. The maximum atomic E-state index is 9.88. The van der Waals surface area contributed by atoms with Crippen molar-refractivity contribution in [1.29, 1.82) is 0 Å². The Bertz CT molecular complexity index is 510. The zero-order valence-electron chi connectivity index (χ0n) is 15.2. The summed E-state index contributed by atoms with van der Waals surface area (Å²) in [6, 6.07) is 13.8. The van der Waals surface area contributed by atoms with Gasteiger partial charge in [-0.25, -0.2) is 0 Å². The van der Waals surface area contributed by atoms with Gasteiger partial charge in [-0.15, -0.1) is 0 Å². The lowest BCUT2D eigenvalue weighted by molar-refractivity contribution is 0.0350. The third-order valence-electron chi connectivity index (χ3n) is 6.75. The largest absolute Gasteiger partial charge is 0.393 e. The first-order valence-electron chi connectivity index (χ1n) is 10.1.